The third-order valence-corrected chi connectivity index (χ3v) is 6.99. The highest BCUT2D eigenvalue weighted by molar-refractivity contribution is 7.91. The van der Waals surface area contributed by atoms with Crippen molar-refractivity contribution in [3.63, 3.8) is 0 Å². The summed E-state index contributed by atoms with van der Waals surface area (Å²) in [6, 6.07) is 3.80. The van der Waals surface area contributed by atoms with Crippen molar-refractivity contribution in [1.82, 2.24) is 4.98 Å². The van der Waals surface area contributed by atoms with E-state index < -0.39 is 9.84 Å². The minimum Gasteiger partial charge on any atom is -0.240 e. The van der Waals surface area contributed by atoms with Crippen molar-refractivity contribution >= 4 is 44.1 Å². The van der Waals surface area contributed by atoms with Crippen molar-refractivity contribution in [3.05, 3.63) is 27.5 Å². The van der Waals surface area contributed by atoms with Crippen molar-refractivity contribution in [2.75, 3.05) is 11.5 Å². The lowest BCUT2D eigenvalue weighted by Gasteiger charge is -2.01. The van der Waals surface area contributed by atoms with Gasteiger partial charge in [-0.15, -0.1) is 22.7 Å². The van der Waals surface area contributed by atoms with E-state index in [2.05, 4.69) is 4.98 Å². The molecule has 0 N–H and O–H groups in total. The zero-order valence-electron chi connectivity index (χ0n) is 9.30. The molecular formula is C11H10ClNO2S3. The highest BCUT2D eigenvalue weighted by atomic mass is 35.5. The molecule has 0 aliphatic carbocycles. The Hall–Kier alpha value is -0.430. The highest BCUT2D eigenvalue weighted by Crippen LogP contribution is 2.36. The van der Waals surface area contributed by atoms with Gasteiger partial charge in [0.15, 0.2) is 9.84 Å². The molecule has 7 heteroatoms. The summed E-state index contributed by atoms with van der Waals surface area (Å²) < 4.78 is 23.7. The Bertz CT molecular complexity index is 674. The van der Waals surface area contributed by atoms with E-state index in [0.29, 0.717) is 6.42 Å². The fraction of sp³-hybridized carbons (Fsp3) is 0.364. The number of hydrogen-bond acceptors (Lipinski definition) is 5. The molecule has 0 radical (unpaired) electrons. The lowest BCUT2D eigenvalue weighted by molar-refractivity contribution is 0.601. The van der Waals surface area contributed by atoms with E-state index in [-0.39, 0.29) is 17.4 Å². The maximum atomic E-state index is 11.5. The second-order valence-corrected chi connectivity index (χ2v) is 9.08. The summed E-state index contributed by atoms with van der Waals surface area (Å²) in [5.74, 6) is 0.590. The fourth-order valence-corrected chi connectivity index (χ4v) is 5.82. The molecule has 3 rings (SSSR count). The van der Waals surface area contributed by atoms with Crippen molar-refractivity contribution in [2.45, 2.75) is 12.3 Å². The summed E-state index contributed by atoms with van der Waals surface area (Å²) in [6.07, 6.45) is 0.691. The molecule has 0 spiro atoms. The fourth-order valence-electron chi connectivity index (χ4n) is 2.04. The van der Waals surface area contributed by atoms with E-state index >= 15 is 0 Å². The topological polar surface area (TPSA) is 47.0 Å². The summed E-state index contributed by atoms with van der Waals surface area (Å²) in [5.41, 5.74) is 0.903. The first-order valence-corrected chi connectivity index (χ1v) is 9.34. The van der Waals surface area contributed by atoms with Crippen LogP contribution in [0.3, 0.4) is 0 Å². The molecule has 1 aliphatic rings. The molecule has 18 heavy (non-hydrogen) atoms. The first kappa shape index (κ1) is 12.6. The number of aromatic nitrogens is 1. The summed E-state index contributed by atoms with van der Waals surface area (Å²) in [4.78, 5) is 5.59. The quantitative estimate of drug-likeness (QED) is 0.852. The smallest absolute Gasteiger partial charge is 0.151 e. The third kappa shape index (κ3) is 2.47. The molecule has 1 saturated heterocycles. The second-order valence-electron chi connectivity index (χ2n) is 4.28. The van der Waals surface area contributed by atoms with Gasteiger partial charge < -0.3 is 0 Å². The normalized spacial score (nSPS) is 22.4. The second kappa shape index (κ2) is 4.59. The SMILES string of the molecule is O=S1(=O)CCC(c2csc(-c3ccc(Cl)s3)n2)C1. The number of hydrogen-bond donors (Lipinski definition) is 0. The number of thiophene rings is 1. The molecule has 1 atom stereocenters. The number of rotatable bonds is 2. The summed E-state index contributed by atoms with van der Waals surface area (Å²) in [6.45, 7) is 0. The first-order chi connectivity index (χ1) is 8.53. The molecule has 2 aromatic rings. The van der Waals surface area contributed by atoms with E-state index in [0.717, 1.165) is 19.9 Å². The van der Waals surface area contributed by atoms with Crippen LogP contribution in [0.5, 0.6) is 0 Å². The van der Waals surface area contributed by atoms with Crippen LogP contribution in [0.4, 0.5) is 0 Å². The number of sulfone groups is 1. The number of nitrogens with zero attached hydrogens (tertiary/aromatic N) is 1. The van der Waals surface area contributed by atoms with Gasteiger partial charge in [-0.3, -0.25) is 0 Å². The molecule has 3 nitrogen and oxygen atoms in total. The van der Waals surface area contributed by atoms with E-state index in [4.69, 9.17) is 11.6 Å². The van der Waals surface area contributed by atoms with Gasteiger partial charge in [-0.05, 0) is 18.6 Å². The lowest BCUT2D eigenvalue weighted by atomic mass is 10.1. The Labute approximate surface area is 118 Å². The molecule has 0 aromatic carbocycles. The van der Waals surface area contributed by atoms with Gasteiger partial charge in [-0.2, -0.15) is 0 Å². The minimum atomic E-state index is -2.85. The summed E-state index contributed by atoms with van der Waals surface area (Å²) >= 11 is 8.94. The van der Waals surface area contributed by atoms with Crippen LogP contribution in [-0.4, -0.2) is 24.9 Å². The van der Waals surface area contributed by atoms with Crippen LogP contribution in [0.2, 0.25) is 4.34 Å². The van der Waals surface area contributed by atoms with Crippen molar-refractivity contribution in [1.29, 1.82) is 0 Å². The van der Waals surface area contributed by atoms with Crippen LogP contribution < -0.4 is 0 Å². The molecule has 3 heterocycles. The van der Waals surface area contributed by atoms with E-state index in [1.807, 2.05) is 17.5 Å². The van der Waals surface area contributed by atoms with Crippen LogP contribution in [0.25, 0.3) is 9.88 Å². The third-order valence-electron chi connectivity index (χ3n) is 2.96. The predicted octanol–water partition coefficient (Wildman–Crippen LogP) is 3.43. The van der Waals surface area contributed by atoms with Crippen LogP contribution in [0, 0.1) is 0 Å². The standard InChI is InChI=1S/C11H10ClNO2S3/c12-10-2-1-9(17-10)11-13-8(5-16-11)7-3-4-18(14,15)6-7/h1-2,5,7H,3-4,6H2. The molecule has 0 bridgehead atoms. The minimum absolute atomic E-state index is 0.0652. The van der Waals surface area contributed by atoms with Crippen molar-refractivity contribution < 1.29 is 8.42 Å². The molecule has 1 unspecified atom stereocenters. The first-order valence-electron chi connectivity index (χ1n) is 5.45. The van der Waals surface area contributed by atoms with Gasteiger partial charge in [-0.25, -0.2) is 13.4 Å². The van der Waals surface area contributed by atoms with Crippen LogP contribution in [-0.2, 0) is 9.84 Å². The molecule has 2 aromatic heterocycles. The average molecular weight is 320 g/mol. The van der Waals surface area contributed by atoms with Crippen LogP contribution in [0.15, 0.2) is 17.5 Å². The van der Waals surface area contributed by atoms with Gasteiger partial charge in [0.1, 0.15) is 5.01 Å². The van der Waals surface area contributed by atoms with E-state index in [1.54, 1.807) is 11.3 Å². The van der Waals surface area contributed by atoms with Gasteiger partial charge in [0.2, 0.25) is 0 Å². The summed E-state index contributed by atoms with van der Waals surface area (Å²) in [7, 11) is -2.85. The van der Waals surface area contributed by atoms with Crippen molar-refractivity contribution in [3.8, 4) is 9.88 Å². The average Bonchev–Trinajstić information content (AvgIpc) is 2.96. The van der Waals surface area contributed by atoms with Gasteiger partial charge >= 0.3 is 0 Å². The predicted molar refractivity (Wildman–Crippen MR) is 76.4 cm³/mol. The number of halogens is 1. The van der Waals surface area contributed by atoms with Crippen LogP contribution in [0.1, 0.15) is 18.0 Å². The molecule has 1 fully saturated rings. The molecule has 96 valence electrons. The van der Waals surface area contributed by atoms with Gasteiger partial charge in [0.25, 0.3) is 0 Å². The van der Waals surface area contributed by atoms with Gasteiger partial charge in [0.05, 0.1) is 26.4 Å². The zero-order valence-corrected chi connectivity index (χ0v) is 12.5. The van der Waals surface area contributed by atoms with E-state index in [9.17, 15) is 8.42 Å². The largest absolute Gasteiger partial charge is 0.240 e. The molecule has 0 amide bonds. The maximum Gasteiger partial charge on any atom is 0.151 e. The Kier molecular flexibility index (Phi) is 3.21. The summed E-state index contributed by atoms with van der Waals surface area (Å²) in [5, 5.41) is 2.89. The Balaban J connectivity index is 1.86. The Morgan fingerprint density at radius 2 is 2.22 bits per heavy atom. The number of thiazole rings is 1. The highest BCUT2D eigenvalue weighted by Gasteiger charge is 2.30. The maximum absolute atomic E-state index is 11.5. The zero-order chi connectivity index (χ0) is 12.8. The van der Waals surface area contributed by atoms with Crippen molar-refractivity contribution in [2.24, 2.45) is 0 Å². The van der Waals surface area contributed by atoms with Gasteiger partial charge in [0, 0.05) is 11.3 Å². The Morgan fingerprint density at radius 3 is 2.83 bits per heavy atom. The van der Waals surface area contributed by atoms with Gasteiger partial charge in [-0.1, -0.05) is 11.6 Å². The lowest BCUT2D eigenvalue weighted by Crippen LogP contribution is -2.03. The molecule has 1 aliphatic heterocycles. The molecular weight excluding hydrogens is 310 g/mol. The molecule has 0 saturated carbocycles. The monoisotopic (exact) mass is 319 g/mol. The Morgan fingerprint density at radius 1 is 1.39 bits per heavy atom. The van der Waals surface area contributed by atoms with E-state index in [1.165, 1.54) is 11.3 Å². The van der Waals surface area contributed by atoms with Crippen LogP contribution >= 0.6 is 34.3 Å².